The summed E-state index contributed by atoms with van der Waals surface area (Å²) in [6, 6.07) is 10.9. The van der Waals surface area contributed by atoms with Gasteiger partial charge in [0.15, 0.2) is 12.3 Å². The minimum absolute atomic E-state index is 0.0811. The van der Waals surface area contributed by atoms with Crippen LogP contribution in [0.1, 0.15) is 25.0 Å². The number of nitrogens with zero attached hydrogens (tertiary/aromatic N) is 2. The minimum atomic E-state index is -0.382. The summed E-state index contributed by atoms with van der Waals surface area (Å²) < 4.78 is 16.0. The van der Waals surface area contributed by atoms with Gasteiger partial charge in [-0.1, -0.05) is 11.6 Å². The largest absolute Gasteiger partial charge is 0.491 e. The third-order valence-electron chi connectivity index (χ3n) is 4.03. The lowest BCUT2D eigenvalue weighted by Crippen LogP contribution is -2.20. The normalized spacial score (nSPS) is 10.8. The van der Waals surface area contributed by atoms with Crippen LogP contribution < -0.4 is 14.8 Å². The molecule has 0 unspecified atom stereocenters. The zero-order chi connectivity index (χ0) is 21.0. The first kappa shape index (κ1) is 20.7. The van der Waals surface area contributed by atoms with E-state index >= 15 is 0 Å². The van der Waals surface area contributed by atoms with Gasteiger partial charge in [0, 0.05) is 10.6 Å². The van der Waals surface area contributed by atoms with Gasteiger partial charge >= 0.3 is 0 Å². The lowest BCUT2D eigenvalue weighted by Gasteiger charge is -2.10. The number of rotatable bonds is 7. The van der Waals surface area contributed by atoms with Crippen molar-refractivity contribution in [2.75, 3.05) is 11.9 Å². The second-order valence-electron chi connectivity index (χ2n) is 6.86. The van der Waals surface area contributed by atoms with E-state index in [4.69, 9.17) is 25.7 Å². The molecule has 0 saturated carbocycles. The van der Waals surface area contributed by atoms with Crippen LogP contribution in [0.25, 0.3) is 11.3 Å². The van der Waals surface area contributed by atoms with Gasteiger partial charge in [-0.2, -0.15) is 0 Å². The number of carbonyl (C=O) groups is 1. The van der Waals surface area contributed by atoms with Crippen molar-refractivity contribution in [3.8, 4) is 22.8 Å². The fraction of sp³-hybridized carbons (Fsp3) is 0.286. The van der Waals surface area contributed by atoms with Crippen molar-refractivity contribution in [1.29, 1.82) is 0 Å². The summed E-state index contributed by atoms with van der Waals surface area (Å²) in [7, 11) is 0. The van der Waals surface area contributed by atoms with E-state index in [9.17, 15) is 4.79 Å². The maximum atomic E-state index is 12.3. The van der Waals surface area contributed by atoms with Crippen molar-refractivity contribution in [1.82, 2.24) is 10.3 Å². The highest BCUT2D eigenvalue weighted by Crippen LogP contribution is 2.27. The Morgan fingerprint density at radius 3 is 2.38 bits per heavy atom. The van der Waals surface area contributed by atoms with Crippen molar-refractivity contribution >= 4 is 23.3 Å². The molecule has 0 aliphatic carbocycles. The number of aryl methyl sites for hydroxylation is 2. The van der Waals surface area contributed by atoms with Gasteiger partial charge in [-0.3, -0.25) is 4.79 Å². The Bertz CT molecular complexity index is 976. The number of halogens is 1. The number of ether oxygens (including phenoxy) is 2. The van der Waals surface area contributed by atoms with E-state index in [1.165, 1.54) is 0 Å². The Morgan fingerprint density at radius 1 is 1.10 bits per heavy atom. The van der Waals surface area contributed by atoms with Crippen LogP contribution in [0, 0.1) is 13.8 Å². The van der Waals surface area contributed by atoms with Gasteiger partial charge in [-0.05, 0) is 85.5 Å². The predicted molar refractivity (Wildman–Crippen MR) is 111 cm³/mol. The van der Waals surface area contributed by atoms with E-state index in [1.807, 2.05) is 52.0 Å². The molecule has 0 saturated heterocycles. The van der Waals surface area contributed by atoms with E-state index in [2.05, 4.69) is 15.6 Å². The first-order valence-corrected chi connectivity index (χ1v) is 9.50. The van der Waals surface area contributed by atoms with Crippen LogP contribution in [0.4, 0.5) is 5.82 Å². The van der Waals surface area contributed by atoms with E-state index in [-0.39, 0.29) is 24.4 Å². The van der Waals surface area contributed by atoms with Crippen molar-refractivity contribution in [2.24, 2.45) is 0 Å². The molecule has 0 aliphatic heterocycles. The van der Waals surface area contributed by atoms with E-state index in [1.54, 1.807) is 12.1 Å². The standard InChI is InChI=1S/C21H22ClN3O4/c1-12(2)28-16-7-5-15(6-8-16)20-21(25-29-24-20)23-18(26)11-27-17-9-13(3)19(22)14(4)10-17/h5-10,12H,11H2,1-4H3,(H,23,25,26). The van der Waals surface area contributed by atoms with E-state index < -0.39 is 0 Å². The molecule has 1 heterocycles. The SMILES string of the molecule is Cc1cc(OCC(=O)Nc2nonc2-c2ccc(OC(C)C)cc2)cc(C)c1Cl. The molecule has 1 amide bonds. The molecule has 0 aliphatic rings. The molecule has 3 rings (SSSR count). The molecule has 1 aromatic heterocycles. The van der Waals surface area contributed by atoms with Crippen LogP contribution in [0.3, 0.4) is 0 Å². The molecule has 7 nitrogen and oxygen atoms in total. The fourth-order valence-corrected chi connectivity index (χ4v) is 2.84. The number of carbonyl (C=O) groups excluding carboxylic acids is 1. The van der Waals surface area contributed by atoms with Gasteiger partial charge in [-0.25, -0.2) is 4.63 Å². The second-order valence-corrected chi connectivity index (χ2v) is 7.24. The summed E-state index contributed by atoms with van der Waals surface area (Å²) in [5.74, 6) is 1.15. The smallest absolute Gasteiger partial charge is 0.263 e. The Morgan fingerprint density at radius 2 is 1.76 bits per heavy atom. The zero-order valence-corrected chi connectivity index (χ0v) is 17.4. The molecule has 1 N–H and O–H groups in total. The average Bonchev–Trinajstić information content (AvgIpc) is 3.12. The molecule has 2 aromatic carbocycles. The molecule has 0 bridgehead atoms. The van der Waals surface area contributed by atoms with Crippen molar-refractivity contribution < 1.29 is 18.9 Å². The molecule has 152 valence electrons. The van der Waals surface area contributed by atoms with Crippen molar-refractivity contribution in [3.63, 3.8) is 0 Å². The van der Waals surface area contributed by atoms with Gasteiger partial charge in [0.05, 0.1) is 6.10 Å². The highest BCUT2D eigenvalue weighted by molar-refractivity contribution is 6.32. The van der Waals surface area contributed by atoms with Crippen molar-refractivity contribution in [3.05, 3.63) is 52.5 Å². The lowest BCUT2D eigenvalue weighted by atomic mass is 10.1. The van der Waals surface area contributed by atoms with Gasteiger partial charge in [0.25, 0.3) is 5.91 Å². The molecule has 8 heteroatoms. The molecule has 0 spiro atoms. The topological polar surface area (TPSA) is 86.5 Å². The first-order valence-electron chi connectivity index (χ1n) is 9.12. The molecular formula is C21H22ClN3O4. The molecule has 0 atom stereocenters. The highest BCUT2D eigenvalue weighted by atomic mass is 35.5. The van der Waals surface area contributed by atoms with Gasteiger partial charge in [-0.15, -0.1) is 0 Å². The summed E-state index contributed by atoms with van der Waals surface area (Å²) in [6.45, 7) is 7.49. The first-order chi connectivity index (χ1) is 13.8. The van der Waals surface area contributed by atoms with Gasteiger partial charge in [0.2, 0.25) is 5.82 Å². The minimum Gasteiger partial charge on any atom is -0.491 e. The number of amides is 1. The Hall–Kier alpha value is -3.06. The van der Waals surface area contributed by atoms with Crippen LogP contribution in [0.15, 0.2) is 41.0 Å². The summed E-state index contributed by atoms with van der Waals surface area (Å²) in [5, 5.41) is 11.0. The molecular weight excluding hydrogens is 394 g/mol. The van der Waals surface area contributed by atoms with Crippen LogP contribution in [0.2, 0.25) is 5.02 Å². The number of hydrogen-bond acceptors (Lipinski definition) is 6. The lowest BCUT2D eigenvalue weighted by molar-refractivity contribution is -0.118. The second kappa shape index (κ2) is 8.96. The van der Waals surface area contributed by atoms with Crippen LogP contribution in [0.5, 0.6) is 11.5 Å². The number of benzene rings is 2. The highest BCUT2D eigenvalue weighted by Gasteiger charge is 2.16. The van der Waals surface area contributed by atoms with Gasteiger partial charge in [0.1, 0.15) is 11.5 Å². The molecule has 29 heavy (non-hydrogen) atoms. The van der Waals surface area contributed by atoms with Crippen molar-refractivity contribution in [2.45, 2.75) is 33.8 Å². The average molecular weight is 416 g/mol. The predicted octanol–water partition coefficient (Wildman–Crippen LogP) is 4.81. The number of nitrogens with one attached hydrogen (secondary N) is 1. The Kier molecular flexibility index (Phi) is 6.39. The molecule has 0 radical (unpaired) electrons. The summed E-state index contributed by atoms with van der Waals surface area (Å²) >= 11 is 6.15. The molecule has 3 aromatic rings. The van der Waals surface area contributed by atoms with Crippen LogP contribution >= 0.6 is 11.6 Å². The number of anilines is 1. The Balaban J connectivity index is 1.64. The van der Waals surface area contributed by atoms with Crippen LogP contribution in [-0.4, -0.2) is 28.9 Å². The summed E-state index contributed by atoms with van der Waals surface area (Å²) in [6.07, 6.45) is 0.0811. The third kappa shape index (κ3) is 5.26. The van der Waals surface area contributed by atoms with Crippen LogP contribution in [-0.2, 0) is 4.79 Å². The maximum absolute atomic E-state index is 12.3. The van der Waals surface area contributed by atoms with E-state index in [0.29, 0.717) is 16.5 Å². The maximum Gasteiger partial charge on any atom is 0.263 e. The Labute approximate surface area is 173 Å². The van der Waals surface area contributed by atoms with Gasteiger partial charge < -0.3 is 14.8 Å². The number of hydrogen-bond donors (Lipinski definition) is 1. The third-order valence-corrected chi connectivity index (χ3v) is 4.62. The number of aromatic nitrogens is 2. The summed E-state index contributed by atoms with van der Waals surface area (Å²) in [5.41, 5.74) is 2.93. The summed E-state index contributed by atoms with van der Waals surface area (Å²) in [4.78, 5) is 12.3. The zero-order valence-electron chi connectivity index (χ0n) is 16.7. The molecule has 0 fully saturated rings. The fourth-order valence-electron chi connectivity index (χ4n) is 2.73. The quantitative estimate of drug-likeness (QED) is 0.595. The monoisotopic (exact) mass is 415 g/mol. The van der Waals surface area contributed by atoms with E-state index in [0.717, 1.165) is 22.4 Å².